The topological polar surface area (TPSA) is 35.2 Å². The molecule has 0 amide bonds. The highest BCUT2D eigenvalue weighted by molar-refractivity contribution is 5.36. The molecule has 1 aromatic rings. The van der Waals surface area contributed by atoms with Gasteiger partial charge in [0.25, 0.3) is 0 Å². The van der Waals surface area contributed by atoms with Crippen LogP contribution >= 0.6 is 0 Å². The fraction of sp³-hybridized carbons (Fsp3) is 0.400. The van der Waals surface area contributed by atoms with Gasteiger partial charge in [-0.1, -0.05) is 6.92 Å². The van der Waals surface area contributed by atoms with Crippen LogP contribution in [0.5, 0.6) is 5.75 Å². The minimum atomic E-state index is -0.278. The van der Waals surface area contributed by atoms with E-state index in [0.29, 0.717) is 5.75 Å². The van der Waals surface area contributed by atoms with Crippen molar-refractivity contribution in [2.45, 2.75) is 19.4 Å². The highest BCUT2D eigenvalue weighted by atomic mass is 19.1. The van der Waals surface area contributed by atoms with Gasteiger partial charge < -0.3 is 10.5 Å². The molecule has 2 nitrogen and oxygen atoms in total. The molecule has 2 N–H and O–H groups in total. The molecular weight excluding hydrogens is 169 g/mol. The second kappa shape index (κ2) is 4.23. The normalized spacial score (nSPS) is 12.6. The number of hydrogen-bond acceptors (Lipinski definition) is 2. The Morgan fingerprint density at radius 3 is 2.77 bits per heavy atom. The SMILES string of the molecule is CC[C@H](N)c1cc(F)ccc1OC. The number of halogens is 1. The van der Waals surface area contributed by atoms with Crippen molar-refractivity contribution in [1.29, 1.82) is 0 Å². The van der Waals surface area contributed by atoms with Gasteiger partial charge in [-0.2, -0.15) is 0 Å². The van der Waals surface area contributed by atoms with Crippen LogP contribution in [-0.4, -0.2) is 7.11 Å². The first-order chi connectivity index (χ1) is 6.19. The summed E-state index contributed by atoms with van der Waals surface area (Å²) < 4.78 is 17.9. The molecule has 0 heterocycles. The van der Waals surface area contributed by atoms with E-state index in [1.807, 2.05) is 6.92 Å². The molecule has 0 radical (unpaired) electrons. The Bertz CT molecular complexity index is 288. The molecule has 0 saturated carbocycles. The lowest BCUT2D eigenvalue weighted by molar-refractivity contribution is 0.403. The molecule has 0 bridgehead atoms. The van der Waals surface area contributed by atoms with E-state index in [9.17, 15) is 4.39 Å². The van der Waals surface area contributed by atoms with E-state index in [2.05, 4.69) is 0 Å². The summed E-state index contributed by atoms with van der Waals surface area (Å²) in [7, 11) is 1.55. The van der Waals surface area contributed by atoms with Gasteiger partial charge in [0.1, 0.15) is 11.6 Å². The first kappa shape index (κ1) is 9.99. The molecule has 0 aliphatic rings. The molecule has 1 atom stereocenters. The second-order valence-corrected chi connectivity index (χ2v) is 2.90. The van der Waals surface area contributed by atoms with Crippen molar-refractivity contribution in [3.63, 3.8) is 0 Å². The lowest BCUT2D eigenvalue weighted by Crippen LogP contribution is -2.10. The molecule has 0 aliphatic carbocycles. The van der Waals surface area contributed by atoms with Crippen LogP contribution < -0.4 is 10.5 Å². The van der Waals surface area contributed by atoms with Crippen LogP contribution in [0.1, 0.15) is 24.9 Å². The van der Waals surface area contributed by atoms with Crippen molar-refractivity contribution in [1.82, 2.24) is 0 Å². The quantitative estimate of drug-likeness (QED) is 0.780. The molecule has 3 heteroatoms. The maximum Gasteiger partial charge on any atom is 0.123 e. The minimum absolute atomic E-state index is 0.161. The molecule has 1 rings (SSSR count). The molecule has 72 valence electrons. The summed E-state index contributed by atoms with van der Waals surface area (Å²) >= 11 is 0. The van der Waals surface area contributed by atoms with Gasteiger partial charge >= 0.3 is 0 Å². The Morgan fingerprint density at radius 2 is 2.23 bits per heavy atom. The molecule has 0 spiro atoms. The van der Waals surface area contributed by atoms with Crippen LogP contribution in [0.25, 0.3) is 0 Å². The first-order valence-electron chi connectivity index (χ1n) is 4.28. The van der Waals surface area contributed by atoms with E-state index in [1.54, 1.807) is 13.2 Å². The van der Waals surface area contributed by atoms with Crippen molar-refractivity contribution in [3.8, 4) is 5.75 Å². The highest BCUT2D eigenvalue weighted by Gasteiger charge is 2.10. The van der Waals surface area contributed by atoms with Crippen LogP contribution in [-0.2, 0) is 0 Å². The highest BCUT2D eigenvalue weighted by Crippen LogP contribution is 2.25. The first-order valence-corrected chi connectivity index (χ1v) is 4.28. The number of hydrogen-bond donors (Lipinski definition) is 1. The van der Waals surface area contributed by atoms with E-state index in [1.165, 1.54) is 12.1 Å². The van der Waals surface area contributed by atoms with E-state index in [-0.39, 0.29) is 11.9 Å². The molecule has 0 aliphatic heterocycles. The average molecular weight is 183 g/mol. The lowest BCUT2D eigenvalue weighted by atomic mass is 10.0. The molecular formula is C10H14FNO. The van der Waals surface area contributed by atoms with E-state index in [4.69, 9.17) is 10.5 Å². The van der Waals surface area contributed by atoms with Crippen LogP contribution in [0.15, 0.2) is 18.2 Å². The van der Waals surface area contributed by atoms with E-state index in [0.717, 1.165) is 12.0 Å². The van der Waals surface area contributed by atoms with Gasteiger partial charge in [-0.15, -0.1) is 0 Å². The van der Waals surface area contributed by atoms with Crippen molar-refractivity contribution < 1.29 is 9.13 Å². The van der Waals surface area contributed by atoms with Gasteiger partial charge in [0.2, 0.25) is 0 Å². The Morgan fingerprint density at radius 1 is 1.54 bits per heavy atom. The summed E-state index contributed by atoms with van der Waals surface area (Å²) in [6.07, 6.45) is 0.764. The summed E-state index contributed by atoms with van der Waals surface area (Å²) in [6.45, 7) is 1.95. The molecule has 0 aromatic heterocycles. The van der Waals surface area contributed by atoms with Crippen molar-refractivity contribution in [3.05, 3.63) is 29.6 Å². The lowest BCUT2D eigenvalue weighted by Gasteiger charge is -2.13. The van der Waals surface area contributed by atoms with Crippen LogP contribution in [0.3, 0.4) is 0 Å². The average Bonchev–Trinajstić information content (AvgIpc) is 2.16. The number of rotatable bonds is 3. The van der Waals surface area contributed by atoms with Gasteiger partial charge in [0, 0.05) is 11.6 Å². The van der Waals surface area contributed by atoms with Crippen molar-refractivity contribution in [2.24, 2.45) is 5.73 Å². The monoisotopic (exact) mass is 183 g/mol. The zero-order valence-electron chi connectivity index (χ0n) is 7.88. The molecule has 13 heavy (non-hydrogen) atoms. The van der Waals surface area contributed by atoms with Crippen LogP contribution in [0.2, 0.25) is 0 Å². The van der Waals surface area contributed by atoms with Crippen LogP contribution in [0.4, 0.5) is 4.39 Å². The third-order valence-corrected chi connectivity index (χ3v) is 2.03. The number of nitrogens with two attached hydrogens (primary N) is 1. The second-order valence-electron chi connectivity index (χ2n) is 2.90. The summed E-state index contributed by atoms with van der Waals surface area (Å²) in [5.41, 5.74) is 6.52. The number of methoxy groups -OCH3 is 1. The van der Waals surface area contributed by atoms with Gasteiger partial charge in [-0.3, -0.25) is 0 Å². The van der Waals surface area contributed by atoms with Gasteiger partial charge in [0.15, 0.2) is 0 Å². The van der Waals surface area contributed by atoms with E-state index < -0.39 is 0 Å². The van der Waals surface area contributed by atoms with E-state index >= 15 is 0 Å². The minimum Gasteiger partial charge on any atom is -0.496 e. The summed E-state index contributed by atoms with van der Waals surface area (Å²) in [4.78, 5) is 0. The Balaban J connectivity index is 3.07. The zero-order valence-corrected chi connectivity index (χ0v) is 7.88. The molecule has 0 fully saturated rings. The Kier molecular flexibility index (Phi) is 3.25. The standard InChI is InChI=1S/C10H14FNO/c1-3-9(12)8-6-7(11)4-5-10(8)13-2/h4-6,9H,3,12H2,1-2H3/t9-/m0/s1. The predicted octanol–water partition coefficient (Wildman–Crippen LogP) is 2.24. The van der Waals surface area contributed by atoms with Gasteiger partial charge in [-0.05, 0) is 24.6 Å². The molecule has 0 unspecified atom stereocenters. The number of ether oxygens (including phenoxy) is 1. The van der Waals surface area contributed by atoms with Crippen molar-refractivity contribution in [2.75, 3.05) is 7.11 Å². The summed E-state index contributed by atoms with van der Waals surface area (Å²) in [5.74, 6) is 0.371. The maximum atomic E-state index is 12.9. The summed E-state index contributed by atoms with van der Waals surface area (Å²) in [5, 5.41) is 0. The smallest absolute Gasteiger partial charge is 0.123 e. The predicted molar refractivity (Wildman–Crippen MR) is 50.2 cm³/mol. The van der Waals surface area contributed by atoms with Crippen molar-refractivity contribution >= 4 is 0 Å². The zero-order chi connectivity index (χ0) is 9.84. The third kappa shape index (κ3) is 2.18. The van der Waals surface area contributed by atoms with Crippen LogP contribution in [0, 0.1) is 5.82 Å². The third-order valence-electron chi connectivity index (χ3n) is 2.03. The molecule has 1 aromatic carbocycles. The van der Waals surface area contributed by atoms with Gasteiger partial charge in [0.05, 0.1) is 7.11 Å². The Labute approximate surface area is 77.5 Å². The Hall–Kier alpha value is -1.09. The molecule has 0 saturated heterocycles. The fourth-order valence-corrected chi connectivity index (χ4v) is 1.21. The maximum absolute atomic E-state index is 12.9. The number of benzene rings is 1. The summed E-state index contributed by atoms with van der Waals surface area (Å²) in [6, 6.07) is 4.23. The van der Waals surface area contributed by atoms with Gasteiger partial charge in [-0.25, -0.2) is 4.39 Å². The fourth-order valence-electron chi connectivity index (χ4n) is 1.21. The largest absolute Gasteiger partial charge is 0.496 e.